The molecule has 1 aliphatic rings. The maximum atomic E-state index is 11.6. The average Bonchev–Trinajstić information content (AvgIpc) is 2.90. The van der Waals surface area contributed by atoms with Gasteiger partial charge in [-0.25, -0.2) is 8.42 Å². The number of fused-ring (bicyclic) bond motifs is 1. The van der Waals surface area contributed by atoms with Gasteiger partial charge in [0.25, 0.3) is 9.05 Å². The molecule has 0 radical (unpaired) electrons. The van der Waals surface area contributed by atoms with Crippen molar-refractivity contribution in [3.8, 4) is 5.75 Å². The van der Waals surface area contributed by atoms with E-state index in [9.17, 15) is 8.42 Å². The molecule has 0 atom stereocenters. The third kappa shape index (κ3) is 2.63. The maximum Gasteiger partial charge on any atom is 0.261 e. The molecule has 3 rings (SSSR count). The lowest BCUT2D eigenvalue weighted by Crippen LogP contribution is -2.11. The van der Waals surface area contributed by atoms with Gasteiger partial charge in [0.05, 0.1) is 11.0 Å². The third-order valence-electron chi connectivity index (χ3n) is 3.70. The van der Waals surface area contributed by atoms with E-state index in [1.807, 2.05) is 12.1 Å². The second-order valence-electron chi connectivity index (χ2n) is 5.07. The highest BCUT2D eigenvalue weighted by molar-refractivity contribution is 8.14. The molecule has 0 spiro atoms. The molecule has 20 heavy (non-hydrogen) atoms. The van der Waals surface area contributed by atoms with Crippen LogP contribution in [0.25, 0.3) is 10.8 Å². The van der Waals surface area contributed by atoms with E-state index in [1.54, 1.807) is 18.2 Å². The molecule has 3 nitrogen and oxygen atoms in total. The van der Waals surface area contributed by atoms with Crippen molar-refractivity contribution >= 4 is 30.5 Å². The van der Waals surface area contributed by atoms with Crippen molar-refractivity contribution < 1.29 is 13.2 Å². The average molecular weight is 311 g/mol. The highest BCUT2D eigenvalue weighted by Gasteiger charge is 2.20. The van der Waals surface area contributed by atoms with Crippen molar-refractivity contribution in [3.63, 3.8) is 0 Å². The number of halogens is 1. The summed E-state index contributed by atoms with van der Waals surface area (Å²) < 4.78 is 29.3. The molecular weight excluding hydrogens is 296 g/mol. The van der Waals surface area contributed by atoms with E-state index >= 15 is 0 Å². The minimum Gasteiger partial charge on any atom is -0.490 e. The summed E-state index contributed by atoms with van der Waals surface area (Å²) in [4.78, 5) is 0.133. The van der Waals surface area contributed by atoms with Gasteiger partial charge >= 0.3 is 0 Å². The van der Waals surface area contributed by atoms with Crippen molar-refractivity contribution in [1.29, 1.82) is 0 Å². The van der Waals surface area contributed by atoms with Crippen LogP contribution >= 0.6 is 10.7 Å². The van der Waals surface area contributed by atoms with E-state index in [0.29, 0.717) is 5.39 Å². The zero-order chi connectivity index (χ0) is 14.2. The van der Waals surface area contributed by atoms with Crippen LogP contribution < -0.4 is 4.74 Å². The second kappa shape index (κ2) is 5.26. The summed E-state index contributed by atoms with van der Waals surface area (Å²) in [6, 6.07) is 10.5. The van der Waals surface area contributed by atoms with E-state index < -0.39 is 9.05 Å². The van der Waals surface area contributed by atoms with Gasteiger partial charge < -0.3 is 4.74 Å². The summed E-state index contributed by atoms with van der Waals surface area (Å²) in [7, 11) is 1.73. The first-order valence-electron chi connectivity index (χ1n) is 6.69. The van der Waals surface area contributed by atoms with Gasteiger partial charge in [-0.05, 0) is 37.8 Å². The molecule has 0 N–H and O–H groups in total. The van der Waals surface area contributed by atoms with Crippen LogP contribution in [0.4, 0.5) is 0 Å². The van der Waals surface area contributed by atoms with Crippen LogP contribution in [-0.4, -0.2) is 14.5 Å². The summed E-state index contributed by atoms with van der Waals surface area (Å²) in [6.45, 7) is 0. The van der Waals surface area contributed by atoms with E-state index in [2.05, 4.69) is 0 Å². The smallest absolute Gasteiger partial charge is 0.261 e. The molecule has 106 valence electrons. The Morgan fingerprint density at radius 2 is 1.65 bits per heavy atom. The predicted octanol–water partition coefficient (Wildman–Crippen LogP) is 4.09. The van der Waals surface area contributed by atoms with E-state index in [1.165, 1.54) is 18.9 Å². The molecule has 0 aromatic heterocycles. The first-order valence-corrected chi connectivity index (χ1v) is 9.00. The quantitative estimate of drug-likeness (QED) is 0.802. The first-order chi connectivity index (χ1) is 9.55. The van der Waals surface area contributed by atoms with Crippen LogP contribution in [-0.2, 0) is 9.05 Å². The summed E-state index contributed by atoms with van der Waals surface area (Å²) in [5, 5.41) is 1.40. The molecule has 1 saturated carbocycles. The van der Waals surface area contributed by atoms with Gasteiger partial charge in [-0.2, -0.15) is 0 Å². The van der Waals surface area contributed by atoms with Crippen LogP contribution in [0.2, 0.25) is 0 Å². The third-order valence-corrected chi connectivity index (χ3v) is 5.08. The van der Waals surface area contributed by atoms with Gasteiger partial charge in [-0.3, -0.25) is 0 Å². The van der Waals surface area contributed by atoms with Crippen LogP contribution in [0.3, 0.4) is 0 Å². The van der Waals surface area contributed by atoms with E-state index in [4.69, 9.17) is 15.4 Å². The Balaban J connectivity index is 2.11. The van der Waals surface area contributed by atoms with Gasteiger partial charge in [-0.15, -0.1) is 0 Å². The van der Waals surface area contributed by atoms with Crippen LogP contribution in [0.5, 0.6) is 5.75 Å². The molecule has 5 heteroatoms. The first kappa shape index (κ1) is 13.7. The molecule has 0 heterocycles. The Labute approximate surface area is 122 Å². The highest BCUT2D eigenvalue weighted by Crippen LogP contribution is 2.34. The maximum absolute atomic E-state index is 11.6. The normalized spacial score (nSPS) is 16.6. The number of ether oxygens (including phenoxy) is 1. The fourth-order valence-electron chi connectivity index (χ4n) is 2.74. The molecular formula is C15H15ClO3S. The summed E-state index contributed by atoms with van der Waals surface area (Å²) in [5.41, 5.74) is 0. The van der Waals surface area contributed by atoms with Crippen LogP contribution in [0.15, 0.2) is 41.3 Å². The van der Waals surface area contributed by atoms with Crippen LogP contribution in [0.1, 0.15) is 25.7 Å². The zero-order valence-electron chi connectivity index (χ0n) is 10.9. The van der Waals surface area contributed by atoms with Crippen molar-refractivity contribution in [2.75, 3.05) is 0 Å². The van der Waals surface area contributed by atoms with Gasteiger partial charge in [-0.1, -0.05) is 24.3 Å². The van der Waals surface area contributed by atoms with Crippen molar-refractivity contribution in [1.82, 2.24) is 0 Å². The number of benzene rings is 2. The molecule has 0 aliphatic heterocycles. The molecule has 2 aromatic carbocycles. The minimum atomic E-state index is -3.76. The monoisotopic (exact) mass is 310 g/mol. The molecule has 1 fully saturated rings. The predicted molar refractivity (Wildman–Crippen MR) is 79.9 cm³/mol. The van der Waals surface area contributed by atoms with Crippen molar-refractivity contribution in [3.05, 3.63) is 36.4 Å². The molecule has 0 bridgehead atoms. The molecule has 2 aromatic rings. The lowest BCUT2D eigenvalue weighted by Gasteiger charge is -2.16. The SMILES string of the molecule is O=S(=O)(Cl)c1ccc(OC2CCCC2)c2ccccc12. The van der Waals surface area contributed by atoms with Crippen molar-refractivity contribution in [2.24, 2.45) is 0 Å². The molecule has 0 unspecified atom stereocenters. The lowest BCUT2D eigenvalue weighted by molar-refractivity contribution is 0.212. The summed E-state index contributed by atoms with van der Waals surface area (Å²) >= 11 is 0. The summed E-state index contributed by atoms with van der Waals surface area (Å²) in [6.07, 6.45) is 4.73. The van der Waals surface area contributed by atoms with Gasteiger partial charge in [0, 0.05) is 21.5 Å². The van der Waals surface area contributed by atoms with Crippen molar-refractivity contribution in [2.45, 2.75) is 36.7 Å². The number of hydrogen-bond donors (Lipinski definition) is 0. The fourth-order valence-corrected chi connectivity index (χ4v) is 3.82. The van der Waals surface area contributed by atoms with Gasteiger partial charge in [0.2, 0.25) is 0 Å². The standard InChI is InChI=1S/C15H15ClO3S/c16-20(17,18)15-10-9-14(19-11-5-1-2-6-11)12-7-3-4-8-13(12)15/h3-4,7-11H,1-2,5-6H2. The second-order valence-corrected chi connectivity index (χ2v) is 7.60. The lowest BCUT2D eigenvalue weighted by atomic mass is 10.1. The highest BCUT2D eigenvalue weighted by atomic mass is 35.7. The topological polar surface area (TPSA) is 43.4 Å². The Hall–Kier alpha value is -1.26. The Morgan fingerprint density at radius 1 is 1.00 bits per heavy atom. The van der Waals surface area contributed by atoms with E-state index in [0.717, 1.165) is 24.0 Å². The Morgan fingerprint density at radius 3 is 2.30 bits per heavy atom. The molecule has 1 aliphatic carbocycles. The minimum absolute atomic E-state index is 0.133. The number of rotatable bonds is 3. The summed E-state index contributed by atoms with van der Waals surface area (Å²) in [5.74, 6) is 0.733. The van der Waals surface area contributed by atoms with E-state index in [-0.39, 0.29) is 11.0 Å². The molecule has 0 amide bonds. The largest absolute Gasteiger partial charge is 0.490 e. The fraction of sp³-hybridized carbons (Fsp3) is 0.333. The Bertz CT molecular complexity index is 734. The van der Waals surface area contributed by atoms with Gasteiger partial charge in [0.1, 0.15) is 5.75 Å². The zero-order valence-corrected chi connectivity index (χ0v) is 12.5. The van der Waals surface area contributed by atoms with Crippen LogP contribution in [0, 0.1) is 0 Å². The molecule has 0 saturated heterocycles. The number of hydrogen-bond acceptors (Lipinski definition) is 3. The van der Waals surface area contributed by atoms with Gasteiger partial charge in [0.15, 0.2) is 0 Å². The Kier molecular flexibility index (Phi) is 3.61.